The van der Waals surface area contributed by atoms with Gasteiger partial charge >= 0.3 is 11.8 Å². The average Bonchev–Trinajstić information content (AvgIpc) is 2.73. The van der Waals surface area contributed by atoms with Crippen molar-refractivity contribution in [2.75, 3.05) is 43.6 Å². The Hall–Kier alpha value is -3.22. The predicted molar refractivity (Wildman–Crippen MR) is 111 cm³/mol. The summed E-state index contributed by atoms with van der Waals surface area (Å²) in [6.45, 7) is 2.45. The third-order valence-corrected chi connectivity index (χ3v) is 5.20. The highest BCUT2D eigenvalue weighted by atomic mass is 16.6. The van der Waals surface area contributed by atoms with Gasteiger partial charge in [0.1, 0.15) is 13.2 Å². The standard InChI is InChI=1S/C22H25N3O4/c1-25-10-2-3-16-13-15(4-6-18(16)25)8-9-23-21(26)22(27)24-17-5-7-19-20(14-17)29-12-11-28-19/h4-7,13-14H,2-3,8-12H2,1H3,(H,23,26)(H,24,27). The molecule has 0 aliphatic carbocycles. The molecule has 0 bridgehead atoms. The van der Waals surface area contributed by atoms with Crippen molar-refractivity contribution >= 4 is 23.2 Å². The molecule has 2 aliphatic rings. The number of nitrogens with one attached hydrogen (secondary N) is 2. The summed E-state index contributed by atoms with van der Waals surface area (Å²) in [4.78, 5) is 26.5. The van der Waals surface area contributed by atoms with Crippen molar-refractivity contribution in [2.45, 2.75) is 19.3 Å². The molecular weight excluding hydrogens is 370 g/mol. The van der Waals surface area contributed by atoms with Gasteiger partial charge in [-0.2, -0.15) is 0 Å². The second-order valence-electron chi connectivity index (χ2n) is 7.31. The zero-order chi connectivity index (χ0) is 20.2. The van der Waals surface area contributed by atoms with Crippen molar-refractivity contribution < 1.29 is 19.1 Å². The van der Waals surface area contributed by atoms with Crippen LogP contribution in [-0.4, -0.2) is 45.2 Å². The summed E-state index contributed by atoms with van der Waals surface area (Å²) in [5.74, 6) is -0.159. The fourth-order valence-corrected chi connectivity index (χ4v) is 3.70. The second kappa shape index (κ2) is 8.43. The molecule has 152 valence electrons. The molecule has 0 fully saturated rings. The summed E-state index contributed by atoms with van der Waals surface area (Å²) in [6, 6.07) is 11.5. The number of amides is 2. The van der Waals surface area contributed by atoms with Crippen LogP contribution in [0.3, 0.4) is 0 Å². The van der Waals surface area contributed by atoms with Crippen molar-refractivity contribution in [3.63, 3.8) is 0 Å². The van der Waals surface area contributed by atoms with Crippen LogP contribution in [0, 0.1) is 0 Å². The molecule has 0 spiro atoms. The van der Waals surface area contributed by atoms with Crippen LogP contribution >= 0.6 is 0 Å². The molecule has 0 unspecified atom stereocenters. The SMILES string of the molecule is CN1CCCc2cc(CCNC(=O)C(=O)Nc3ccc4c(c3)OCCO4)ccc21. The van der Waals surface area contributed by atoms with Gasteiger partial charge in [-0.05, 0) is 48.6 Å². The van der Waals surface area contributed by atoms with Crippen LogP contribution in [0.2, 0.25) is 0 Å². The number of nitrogens with zero attached hydrogens (tertiary/aromatic N) is 1. The number of ether oxygens (including phenoxy) is 2. The lowest BCUT2D eigenvalue weighted by molar-refractivity contribution is -0.136. The molecule has 2 aromatic rings. The maximum Gasteiger partial charge on any atom is 0.313 e. The number of benzene rings is 2. The van der Waals surface area contributed by atoms with Crippen LogP contribution in [0.4, 0.5) is 11.4 Å². The van der Waals surface area contributed by atoms with Gasteiger partial charge in [0.15, 0.2) is 11.5 Å². The monoisotopic (exact) mass is 395 g/mol. The Balaban J connectivity index is 1.28. The molecule has 7 heteroatoms. The molecule has 2 aliphatic heterocycles. The van der Waals surface area contributed by atoms with Crippen molar-refractivity contribution in [2.24, 2.45) is 0 Å². The highest BCUT2D eigenvalue weighted by molar-refractivity contribution is 6.39. The van der Waals surface area contributed by atoms with Crippen molar-refractivity contribution in [3.8, 4) is 11.5 Å². The van der Waals surface area contributed by atoms with E-state index >= 15 is 0 Å². The highest BCUT2D eigenvalue weighted by Crippen LogP contribution is 2.32. The van der Waals surface area contributed by atoms with Gasteiger partial charge in [-0.3, -0.25) is 9.59 Å². The lowest BCUT2D eigenvalue weighted by Gasteiger charge is -2.27. The lowest BCUT2D eigenvalue weighted by atomic mass is 9.98. The van der Waals surface area contributed by atoms with Crippen LogP contribution in [-0.2, 0) is 22.4 Å². The number of aryl methyl sites for hydroxylation is 1. The van der Waals surface area contributed by atoms with E-state index in [1.54, 1.807) is 18.2 Å². The van der Waals surface area contributed by atoms with E-state index in [1.807, 2.05) is 0 Å². The summed E-state index contributed by atoms with van der Waals surface area (Å²) >= 11 is 0. The van der Waals surface area contributed by atoms with Gasteiger partial charge < -0.3 is 25.0 Å². The van der Waals surface area contributed by atoms with E-state index in [9.17, 15) is 9.59 Å². The zero-order valence-corrected chi connectivity index (χ0v) is 16.5. The first-order chi connectivity index (χ1) is 14.1. The van der Waals surface area contributed by atoms with Crippen LogP contribution < -0.4 is 25.0 Å². The van der Waals surface area contributed by atoms with Crippen molar-refractivity contribution in [1.82, 2.24) is 5.32 Å². The first-order valence-corrected chi connectivity index (χ1v) is 9.92. The number of carbonyl (C=O) groups excluding carboxylic acids is 2. The van der Waals surface area contributed by atoms with E-state index < -0.39 is 11.8 Å². The molecule has 7 nitrogen and oxygen atoms in total. The summed E-state index contributed by atoms with van der Waals surface area (Å²) in [7, 11) is 2.11. The van der Waals surface area contributed by atoms with E-state index in [0.717, 1.165) is 24.9 Å². The number of anilines is 2. The minimum Gasteiger partial charge on any atom is -0.486 e. The molecule has 0 aromatic heterocycles. The predicted octanol–water partition coefficient (Wildman–Crippen LogP) is 2.14. The molecule has 0 radical (unpaired) electrons. The Kier molecular flexibility index (Phi) is 5.55. The maximum absolute atomic E-state index is 12.1. The number of fused-ring (bicyclic) bond motifs is 2. The number of carbonyl (C=O) groups is 2. The van der Waals surface area contributed by atoms with Gasteiger partial charge in [-0.15, -0.1) is 0 Å². The van der Waals surface area contributed by atoms with Crippen LogP contribution in [0.25, 0.3) is 0 Å². The third-order valence-electron chi connectivity index (χ3n) is 5.20. The maximum atomic E-state index is 12.1. The first-order valence-electron chi connectivity index (χ1n) is 9.92. The minimum absolute atomic E-state index is 0.405. The highest BCUT2D eigenvalue weighted by Gasteiger charge is 2.17. The Bertz CT molecular complexity index is 928. The Labute approximate surface area is 170 Å². The minimum atomic E-state index is -0.700. The topological polar surface area (TPSA) is 79.9 Å². The Morgan fingerprint density at radius 2 is 1.86 bits per heavy atom. The number of rotatable bonds is 4. The van der Waals surface area contributed by atoms with Crippen LogP contribution in [0.5, 0.6) is 11.5 Å². The van der Waals surface area contributed by atoms with Crippen molar-refractivity contribution in [1.29, 1.82) is 0 Å². The fourth-order valence-electron chi connectivity index (χ4n) is 3.70. The average molecular weight is 395 g/mol. The van der Waals surface area contributed by atoms with Crippen LogP contribution in [0.15, 0.2) is 36.4 Å². The molecule has 29 heavy (non-hydrogen) atoms. The van der Waals surface area contributed by atoms with Gasteiger partial charge in [0, 0.05) is 37.6 Å². The summed E-state index contributed by atoms with van der Waals surface area (Å²) in [5.41, 5.74) is 4.28. The molecule has 4 rings (SSSR count). The summed E-state index contributed by atoms with van der Waals surface area (Å²) < 4.78 is 10.9. The Morgan fingerprint density at radius 3 is 2.72 bits per heavy atom. The molecule has 0 saturated heterocycles. The molecule has 2 amide bonds. The van der Waals surface area contributed by atoms with Crippen LogP contribution in [0.1, 0.15) is 17.5 Å². The largest absolute Gasteiger partial charge is 0.486 e. The zero-order valence-electron chi connectivity index (χ0n) is 16.5. The quantitative estimate of drug-likeness (QED) is 0.776. The van der Waals surface area contributed by atoms with Gasteiger partial charge in [-0.1, -0.05) is 12.1 Å². The smallest absolute Gasteiger partial charge is 0.313 e. The lowest BCUT2D eigenvalue weighted by Crippen LogP contribution is -2.36. The summed E-state index contributed by atoms with van der Waals surface area (Å²) in [6.07, 6.45) is 2.92. The van der Waals surface area contributed by atoms with E-state index in [1.165, 1.54) is 11.3 Å². The summed E-state index contributed by atoms with van der Waals surface area (Å²) in [5, 5.41) is 5.28. The molecular formula is C22H25N3O4. The molecule has 2 heterocycles. The van der Waals surface area contributed by atoms with E-state index in [-0.39, 0.29) is 0 Å². The number of hydrogen-bond acceptors (Lipinski definition) is 5. The van der Waals surface area contributed by atoms with Gasteiger partial charge in [0.05, 0.1) is 0 Å². The Morgan fingerprint density at radius 1 is 1.03 bits per heavy atom. The molecule has 0 atom stereocenters. The molecule has 2 N–H and O–H groups in total. The van der Waals surface area contributed by atoms with Gasteiger partial charge in [0.2, 0.25) is 0 Å². The number of hydrogen-bond donors (Lipinski definition) is 2. The van der Waals surface area contributed by atoms with Gasteiger partial charge in [-0.25, -0.2) is 0 Å². The fraction of sp³-hybridized carbons (Fsp3) is 0.364. The van der Waals surface area contributed by atoms with E-state index in [0.29, 0.717) is 43.4 Å². The van der Waals surface area contributed by atoms with Crippen molar-refractivity contribution in [3.05, 3.63) is 47.5 Å². The van der Waals surface area contributed by atoms with E-state index in [2.05, 4.69) is 40.8 Å². The normalized spacial score (nSPS) is 14.7. The second-order valence-corrected chi connectivity index (χ2v) is 7.31. The van der Waals surface area contributed by atoms with Gasteiger partial charge in [0.25, 0.3) is 0 Å². The van der Waals surface area contributed by atoms with E-state index in [4.69, 9.17) is 9.47 Å². The molecule has 0 saturated carbocycles. The first kappa shape index (κ1) is 19.1. The molecule has 2 aromatic carbocycles. The third kappa shape index (κ3) is 4.45.